The zero-order chi connectivity index (χ0) is 13.1. The molecule has 0 saturated heterocycles. The van der Waals surface area contributed by atoms with Crippen LogP contribution in [-0.4, -0.2) is 19.6 Å². The van der Waals surface area contributed by atoms with Crippen LogP contribution in [0, 0.1) is 0 Å². The van der Waals surface area contributed by atoms with Crippen molar-refractivity contribution >= 4 is 0 Å². The largest absolute Gasteiger partial charge is 0.320 e. The summed E-state index contributed by atoms with van der Waals surface area (Å²) in [6, 6.07) is -0.140. The highest BCUT2D eigenvalue weighted by Gasteiger charge is 2.17. The molecule has 0 aromatic carbocycles. The van der Waals surface area contributed by atoms with Crippen LogP contribution < -0.4 is 5.73 Å². The predicted octanol–water partition coefficient (Wildman–Crippen LogP) is 1.64. The number of nitrogens with zero attached hydrogens (tertiary/aromatic N) is 4. The molecular weight excluding hydrogens is 226 g/mol. The lowest BCUT2D eigenvalue weighted by Crippen LogP contribution is -2.12. The molecule has 0 radical (unpaired) electrons. The molecule has 0 amide bonds. The number of aryl methyl sites for hydroxylation is 3. The lowest BCUT2D eigenvalue weighted by Gasteiger charge is -2.08. The summed E-state index contributed by atoms with van der Waals surface area (Å²) in [5.74, 6) is 0. The molecule has 0 bridgehead atoms. The molecule has 2 aromatic heterocycles. The minimum absolute atomic E-state index is 0.140. The third kappa shape index (κ3) is 2.46. The Bertz CT molecular complexity index is 511. The van der Waals surface area contributed by atoms with Crippen molar-refractivity contribution in [2.24, 2.45) is 12.8 Å². The van der Waals surface area contributed by atoms with Crippen LogP contribution in [0.4, 0.5) is 0 Å². The summed E-state index contributed by atoms with van der Waals surface area (Å²) in [7, 11) is 1.93. The minimum atomic E-state index is -0.140. The first-order chi connectivity index (χ1) is 8.65. The molecule has 0 aliphatic heterocycles. The summed E-state index contributed by atoms with van der Waals surface area (Å²) in [4.78, 5) is 0. The molecule has 2 aromatic rings. The van der Waals surface area contributed by atoms with Gasteiger partial charge in [0.15, 0.2) is 0 Å². The van der Waals surface area contributed by atoms with Crippen LogP contribution >= 0.6 is 0 Å². The van der Waals surface area contributed by atoms with E-state index in [-0.39, 0.29) is 6.04 Å². The average Bonchev–Trinajstić information content (AvgIpc) is 2.95. The van der Waals surface area contributed by atoms with Crippen LogP contribution in [0.1, 0.15) is 43.1 Å². The highest BCUT2D eigenvalue weighted by Crippen LogP contribution is 2.22. The van der Waals surface area contributed by atoms with Crippen LogP contribution in [0.2, 0.25) is 0 Å². The second kappa shape index (κ2) is 5.35. The van der Waals surface area contributed by atoms with E-state index in [0.29, 0.717) is 0 Å². The van der Waals surface area contributed by atoms with Gasteiger partial charge in [-0.15, -0.1) is 0 Å². The Morgan fingerprint density at radius 3 is 2.78 bits per heavy atom. The lowest BCUT2D eigenvalue weighted by molar-refractivity contribution is 0.602. The second-order valence-corrected chi connectivity index (χ2v) is 4.57. The van der Waals surface area contributed by atoms with Crippen molar-refractivity contribution in [3.63, 3.8) is 0 Å². The molecule has 2 rings (SSSR count). The fourth-order valence-electron chi connectivity index (χ4n) is 2.16. The van der Waals surface area contributed by atoms with E-state index < -0.39 is 0 Å². The van der Waals surface area contributed by atoms with Gasteiger partial charge in [0, 0.05) is 37.1 Å². The Balaban J connectivity index is 2.25. The zero-order valence-electron chi connectivity index (χ0n) is 11.3. The monoisotopic (exact) mass is 247 g/mol. The lowest BCUT2D eigenvalue weighted by atomic mass is 10.0. The van der Waals surface area contributed by atoms with Gasteiger partial charge in [-0.2, -0.15) is 10.2 Å². The van der Waals surface area contributed by atoms with Gasteiger partial charge in [0.25, 0.3) is 0 Å². The second-order valence-electron chi connectivity index (χ2n) is 4.57. The van der Waals surface area contributed by atoms with E-state index in [9.17, 15) is 0 Å². The van der Waals surface area contributed by atoms with Gasteiger partial charge in [-0.3, -0.25) is 9.36 Å². The van der Waals surface area contributed by atoms with Crippen LogP contribution in [-0.2, 0) is 20.0 Å². The molecule has 5 heteroatoms. The maximum atomic E-state index is 6.31. The van der Waals surface area contributed by atoms with Gasteiger partial charge in [-0.05, 0) is 12.8 Å². The quantitative estimate of drug-likeness (QED) is 0.873. The number of hydrogen-bond donors (Lipinski definition) is 1. The molecule has 2 heterocycles. The van der Waals surface area contributed by atoms with Gasteiger partial charge >= 0.3 is 0 Å². The van der Waals surface area contributed by atoms with E-state index in [4.69, 9.17) is 5.73 Å². The molecule has 0 aliphatic rings. The zero-order valence-corrected chi connectivity index (χ0v) is 11.3. The topological polar surface area (TPSA) is 61.7 Å². The van der Waals surface area contributed by atoms with E-state index in [2.05, 4.69) is 24.0 Å². The fraction of sp³-hybridized carbons (Fsp3) is 0.538. The van der Waals surface area contributed by atoms with Gasteiger partial charge in [0.05, 0.1) is 17.9 Å². The van der Waals surface area contributed by atoms with E-state index in [0.717, 1.165) is 36.2 Å². The normalized spacial score (nSPS) is 12.9. The summed E-state index contributed by atoms with van der Waals surface area (Å²) in [6.07, 6.45) is 7.85. The number of hydrogen-bond acceptors (Lipinski definition) is 3. The molecule has 0 spiro atoms. The molecule has 2 N–H and O–H groups in total. The van der Waals surface area contributed by atoms with E-state index in [1.807, 2.05) is 35.0 Å². The van der Waals surface area contributed by atoms with E-state index in [1.54, 1.807) is 0 Å². The molecule has 18 heavy (non-hydrogen) atoms. The van der Waals surface area contributed by atoms with E-state index >= 15 is 0 Å². The Morgan fingerprint density at radius 2 is 2.11 bits per heavy atom. The SMILES string of the molecule is CCCn1cc(C(N)c2cn(C)nc2CC)cn1. The molecule has 0 saturated carbocycles. The number of rotatable bonds is 5. The Hall–Kier alpha value is -1.62. The van der Waals surface area contributed by atoms with Crippen molar-refractivity contribution in [2.75, 3.05) is 0 Å². The summed E-state index contributed by atoms with van der Waals surface area (Å²) >= 11 is 0. The first-order valence-electron chi connectivity index (χ1n) is 6.46. The summed E-state index contributed by atoms with van der Waals surface area (Å²) in [5.41, 5.74) is 9.51. The highest BCUT2D eigenvalue weighted by atomic mass is 15.3. The Labute approximate surface area is 108 Å². The molecule has 0 aliphatic carbocycles. The first kappa shape index (κ1) is 12.8. The maximum Gasteiger partial charge on any atom is 0.0672 e. The standard InChI is InChI=1S/C13H21N5/c1-4-6-18-8-10(7-15-18)13(14)11-9-17(3)16-12(11)5-2/h7-9,13H,4-6,14H2,1-3H3. The van der Waals surface area contributed by atoms with Crippen LogP contribution in [0.15, 0.2) is 18.6 Å². The molecule has 0 fully saturated rings. The molecular formula is C13H21N5. The van der Waals surface area contributed by atoms with Crippen molar-refractivity contribution in [1.29, 1.82) is 0 Å². The number of nitrogens with two attached hydrogens (primary N) is 1. The maximum absolute atomic E-state index is 6.31. The average molecular weight is 247 g/mol. The Kier molecular flexibility index (Phi) is 3.81. The third-order valence-electron chi connectivity index (χ3n) is 3.07. The predicted molar refractivity (Wildman–Crippen MR) is 71.1 cm³/mol. The van der Waals surface area contributed by atoms with Gasteiger partial charge < -0.3 is 5.73 Å². The van der Waals surface area contributed by atoms with Crippen molar-refractivity contribution in [1.82, 2.24) is 19.6 Å². The van der Waals surface area contributed by atoms with Crippen molar-refractivity contribution in [3.8, 4) is 0 Å². The van der Waals surface area contributed by atoms with Crippen LogP contribution in [0.25, 0.3) is 0 Å². The summed E-state index contributed by atoms with van der Waals surface area (Å²) in [6.45, 7) is 5.16. The summed E-state index contributed by atoms with van der Waals surface area (Å²) in [5, 5.41) is 8.75. The van der Waals surface area contributed by atoms with Crippen molar-refractivity contribution < 1.29 is 0 Å². The summed E-state index contributed by atoms with van der Waals surface area (Å²) < 4.78 is 3.77. The molecule has 1 atom stereocenters. The van der Waals surface area contributed by atoms with Crippen LogP contribution in [0.3, 0.4) is 0 Å². The van der Waals surface area contributed by atoms with Gasteiger partial charge in [0.1, 0.15) is 0 Å². The smallest absolute Gasteiger partial charge is 0.0672 e. The third-order valence-corrected chi connectivity index (χ3v) is 3.07. The van der Waals surface area contributed by atoms with Crippen molar-refractivity contribution in [2.45, 2.75) is 39.3 Å². The molecule has 98 valence electrons. The molecule has 1 unspecified atom stereocenters. The van der Waals surface area contributed by atoms with Crippen molar-refractivity contribution in [3.05, 3.63) is 35.4 Å². The van der Waals surface area contributed by atoms with Gasteiger partial charge in [-0.25, -0.2) is 0 Å². The van der Waals surface area contributed by atoms with Gasteiger partial charge in [-0.1, -0.05) is 13.8 Å². The number of aromatic nitrogens is 4. The fourth-order valence-corrected chi connectivity index (χ4v) is 2.16. The first-order valence-corrected chi connectivity index (χ1v) is 6.46. The van der Waals surface area contributed by atoms with E-state index in [1.165, 1.54) is 0 Å². The molecule has 5 nitrogen and oxygen atoms in total. The van der Waals surface area contributed by atoms with Crippen LogP contribution in [0.5, 0.6) is 0 Å². The minimum Gasteiger partial charge on any atom is -0.320 e. The Morgan fingerprint density at radius 1 is 1.33 bits per heavy atom. The van der Waals surface area contributed by atoms with Gasteiger partial charge in [0.2, 0.25) is 0 Å². The highest BCUT2D eigenvalue weighted by molar-refractivity contribution is 5.30.